The molecule has 0 saturated carbocycles. The number of carbonyl (C=O) groups excluding carboxylic acids is 6. The minimum absolute atomic E-state index is 0.0221. The molecule has 16 N–H and O–H groups in total. The predicted octanol–water partition coefficient (Wildman–Crippen LogP) is 1.69. The summed E-state index contributed by atoms with van der Waals surface area (Å²) in [5.74, 6) is -13.4. The summed E-state index contributed by atoms with van der Waals surface area (Å²) in [6.45, 7) is -1.36. The van der Waals surface area contributed by atoms with E-state index in [9.17, 15) is 92.2 Å². The van der Waals surface area contributed by atoms with Gasteiger partial charge in [-0.05, 0) is 77.3 Å². The number of hydrogen-bond donors (Lipinski definition) is 13. The van der Waals surface area contributed by atoms with Crippen molar-refractivity contribution < 1.29 is 102 Å². The monoisotopic (exact) mass is 1070 g/mol. The Morgan fingerprint density at radius 3 is 1.14 bits per heavy atom. The zero-order chi connectivity index (χ0) is 53.7. The largest absolute Gasteiger partial charge is 0.481 e. The molecule has 7 atom stereocenters. The maximum Gasteiger partial charge on any atom is 0.326 e. The Morgan fingerprint density at radius 2 is 0.768 bits per heavy atom. The maximum atomic E-state index is 13.7. The molecule has 402 valence electrons. The molecule has 34 heteroatoms. The van der Waals surface area contributed by atoms with Crippen molar-refractivity contribution in [2.24, 2.45) is 17.2 Å². The summed E-state index contributed by atoms with van der Waals surface area (Å²) in [5.41, 5.74) is 16.4. The van der Waals surface area contributed by atoms with Gasteiger partial charge in [-0.15, -0.1) is 0 Å². The number of halogens is 10. The molecule has 0 aliphatic heterocycles. The first kappa shape index (κ1) is 63.5. The normalized spacial score (nSPS) is 17.2. The standard InChI is InChI=1S/C35H57F10N9O13S2/c36-68(37,38,39,40)17-5-7-20(48)29(60)49-24(11-13-27(56)57)33(64)54-26(19-55)34(65)52-21(8-1-3-15-46)30(61)51-23(10-6-18-69(41,42,43,44)45)31(62)50-22(9-2-4-16-47)32(63)53-25(35(66)67)12-14-28(58)59/h5-6,17-18,20-26,55H,1-4,7-16,19,46-48H2,(H,49,60)(H,50,62)(H,51,61)(H,52,65)(H,53,63)(H,54,64)(H,56,57)(H,58,59)(H,66,67)/b17-5+,18-6+/t20?,21-,22-,23?,24-,25-,26-/m0/s1. The Labute approximate surface area is 386 Å². The summed E-state index contributed by atoms with van der Waals surface area (Å²) >= 11 is 0. The lowest BCUT2D eigenvalue weighted by Gasteiger charge is -2.37. The second kappa shape index (κ2) is 24.9. The number of carbonyl (C=O) groups is 9. The van der Waals surface area contributed by atoms with E-state index in [1.54, 1.807) is 0 Å². The van der Waals surface area contributed by atoms with Gasteiger partial charge < -0.3 is 69.5 Å². The first-order valence-corrected chi connectivity index (χ1v) is 24.3. The van der Waals surface area contributed by atoms with Crippen LogP contribution in [0.4, 0.5) is 38.9 Å². The van der Waals surface area contributed by atoms with Crippen molar-refractivity contribution in [3.63, 3.8) is 0 Å². The number of aliphatic hydroxyl groups is 1. The zero-order valence-corrected chi connectivity index (χ0v) is 37.9. The van der Waals surface area contributed by atoms with Gasteiger partial charge in [0.05, 0.1) is 23.5 Å². The highest BCUT2D eigenvalue weighted by molar-refractivity contribution is 8.48. The van der Waals surface area contributed by atoms with Gasteiger partial charge in [0.15, 0.2) is 0 Å². The van der Waals surface area contributed by atoms with Crippen LogP contribution >= 0.6 is 20.4 Å². The predicted molar refractivity (Wildman–Crippen MR) is 228 cm³/mol. The molecule has 0 aliphatic carbocycles. The first-order chi connectivity index (χ1) is 31.2. The number of aliphatic hydroxyl groups excluding tert-OH is 1. The smallest absolute Gasteiger partial charge is 0.326 e. The number of nitrogens with one attached hydrogen (secondary N) is 6. The second-order valence-electron chi connectivity index (χ2n) is 15.2. The van der Waals surface area contributed by atoms with E-state index >= 15 is 0 Å². The van der Waals surface area contributed by atoms with Crippen LogP contribution in [-0.2, 0) is 43.2 Å². The SMILES string of the molecule is NCCCC[C@H](NC(=O)C(C/C=C/S(F)(F)(F)(F)F)NC(=O)[C@H](CCCCN)NC(=O)[C@H](CO)NC(=O)[C@H](CCC(=O)O)NC(=O)C(N)C/C=C/S(F)(F)(F)(F)F)C(=O)N[C@@H](CCC(=O)O)C(=O)O. The average Bonchev–Trinajstić information content (AvgIpc) is 3.19. The number of aliphatic carboxylic acids is 3. The van der Waals surface area contributed by atoms with Crippen molar-refractivity contribution in [1.29, 1.82) is 0 Å². The van der Waals surface area contributed by atoms with Gasteiger partial charge in [-0.1, -0.05) is 51.0 Å². The van der Waals surface area contributed by atoms with E-state index in [0.717, 1.165) is 0 Å². The van der Waals surface area contributed by atoms with Crippen molar-refractivity contribution in [2.75, 3.05) is 19.7 Å². The summed E-state index contributed by atoms with van der Waals surface area (Å²) in [6, 6.07) is -14.0. The Kier molecular flexibility index (Phi) is 22.9. The number of carboxylic acid groups (broad SMARTS) is 3. The molecule has 0 aromatic carbocycles. The van der Waals surface area contributed by atoms with Gasteiger partial charge in [-0.2, -0.15) is 0 Å². The van der Waals surface area contributed by atoms with Crippen molar-refractivity contribution in [1.82, 2.24) is 31.9 Å². The lowest BCUT2D eigenvalue weighted by molar-refractivity contribution is -0.143. The van der Waals surface area contributed by atoms with E-state index in [0.29, 0.717) is 0 Å². The fourth-order valence-electron chi connectivity index (χ4n) is 5.52. The summed E-state index contributed by atoms with van der Waals surface area (Å²) in [4.78, 5) is 114. The molecule has 0 bridgehead atoms. The number of carboxylic acids is 3. The van der Waals surface area contributed by atoms with E-state index < -0.39 is 178 Å². The molecule has 0 saturated heterocycles. The fourth-order valence-corrected chi connectivity index (χ4v) is 6.47. The topological polar surface area (TPSA) is 385 Å². The molecule has 0 fully saturated rings. The van der Waals surface area contributed by atoms with Crippen molar-refractivity contribution in [3.8, 4) is 0 Å². The molecule has 0 radical (unpaired) electrons. The van der Waals surface area contributed by atoms with Crippen LogP contribution in [0.25, 0.3) is 0 Å². The van der Waals surface area contributed by atoms with Crippen LogP contribution in [-0.4, -0.2) is 136 Å². The molecule has 0 spiro atoms. The third kappa shape index (κ3) is 30.6. The van der Waals surface area contributed by atoms with Gasteiger partial charge >= 0.3 is 38.4 Å². The Balaban J connectivity index is 6.75. The summed E-state index contributed by atoms with van der Waals surface area (Å²) in [7, 11) is -20.4. The molecular weight excluding hydrogens is 1010 g/mol. The van der Waals surface area contributed by atoms with Crippen molar-refractivity contribution >= 4 is 73.8 Å². The lowest BCUT2D eigenvalue weighted by Crippen LogP contribution is -2.60. The van der Waals surface area contributed by atoms with Crippen LogP contribution in [0.3, 0.4) is 0 Å². The quantitative estimate of drug-likeness (QED) is 0.0322. The second-order valence-corrected chi connectivity index (χ2v) is 19.9. The van der Waals surface area contributed by atoms with Crippen LogP contribution < -0.4 is 49.1 Å². The average molecular weight is 1070 g/mol. The Morgan fingerprint density at radius 1 is 0.449 bits per heavy atom. The van der Waals surface area contributed by atoms with Crippen LogP contribution in [0.1, 0.15) is 77.0 Å². The molecule has 0 aliphatic rings. The number of unbranched alkanes of at least 4 members (excludes halogenated alkanes) is 2. The van der Waals surface area contributed by atoms with E-state index in [-0.39, 0.29) is 57.3 Å². The molecule has 0 aromatic heterocycles. The third-order valence-electron chi connectivity index (χ3n) is 8.96. The number of rotatable bonds is 34. The Hall–Kier alpha value is -5.45. The van der Waals surface area contributed by atoms with Gasteiger partial charge in [-0.25, -0.2) is 4.79 Å². The van der Waals surface area contributed by atoms with Gasteiger partial charge in [0.1, 0.15) is 36.3 Å². The summed E-state index contributed by atoms with van der Waals surface area (Å²) in [6.07, 6.45) is -6.66. The molecule has 22 nitrogen and oxygen atoms in total. The zero-order valence-electron chi connectivity index (χ0n) is 36.2. The molecule has 69 heavy (non-hydrogen) atoms. The lowest BCUT2D eigenvalue weighted by atomic mass is 10.0. The van der Waals surface area contributed by atoms with E-state index in [1.807, 2.05) is 21.3 Å². The highest BCUT2D eigenvalue weighted by Gasteiger charge is 2.61. The highest BCUT2D eigenvalue weighted by Crippen LogP contribution is 2.99. The minimum atomic E-state index is -10.3. The van der Waals surface area contributed by atoms with Gasteiger partial charge in [0.2, 0.25) is 35.4 Å². The molecule has 0 aromatic rings. The van der Waals surface area contributed by atoms with Crippen LogP contribution in [0.5, 0.6) is 0 Å². The van der Waals surface area contributed by atoms with E-state index in [2.05, 4.69) is 10.6 Å². The molecule has 2 unspecified atom stereocenters. The van der Waals surface area contributed by atoms with Crippen molar-refractivity contribution in [2.45, 2.75) is 119 Å². The third-order valence-corrected chi connectivity index (χ3v) is 10.4. The molecule has 0 rings (SSSR count). The molecule has 6 amide bonds. The molecular formula is C35H57F10N9O13S2. The molecule has 0 heterocycles. The summed E-state index contributed by atoms with van der Waals surface area (Å²) in [5, 5.41) is 46.5. The Bertz CT molecular complexity index is 1920. The van der Waals surface area contributed by atoms with Gasteiger partial charge in [0, 0.05) is 12.8 Å². The maximum absolute atomic E-state index is 13.7. The van der Waals surface area contributed by atoms with Crippen LogP contribution in [0.2, 0.25) is 0 Å². The summed E-state index contributed by atoms with van der Waals surface area (Å²) < 4.78 is 129. The number of amides is 6. The first-order valence-electron chi connectivity index (χ1n) is 20.3. The van der Waals surface area contributed by atoms with E-state index in [4.69, 9.17) is 27.4 Å². The number of nitrogens with two attached hydrogens (primary N) is 3. The van der Waals surface area contributed by atoms with Gasteiger partial charge in [-0.3, -0.25) is 38.4 Å². The van der Waals surface area contributed by atoms with Gasteiger partial charge in [0.25, 0.3) is 0 Å². The van der Waals surface area contributed by atoms with Crippen LogP contribution in [0, 0.1) is 0 Å². The number of hydrogen-bond acceptors (Lipinski definition) is 13. The van der Waals surface area contributed by atoms with Crippen LogP contribution in [0.15, 0.2) is 23.0 Å². The van der Waals surface area contributed by atoms with Crippen molar-refractivity contribution in [3.05, 3.63) is 23.0 Å². The fraction of sp³-hybridized carbons (Fsp3) is 0.629. The van der Waals surface area contributed by atoms with E-state index in [1.165, 1.54) is 0 Å². The minimum Gasteiger partial charge on any atom is -0.481 e. The highest BCUT2D eigenvalue weighted by atomic mass is 32.5.